The van der Waals surface area contributed by atoms with Gasteiger partial charge in [-0.3, -0.25) is 19.5 Å². The summed E-state index contributed by atoms with van der Waals surface area (Å²) in [5, 5.41) is 5.80. The second-order valence-electron chi connectivity index (χ2n) is 6.38. The molecule has 2 rings (SSSR count). The second-order valence-corrected chi connectivity index (χ2v) is 7.32. The molecule has 0 aliphatic rings. The van der Waals surface area contributed by atoms with Crippen LogP contribution in [0.1, 0.15) is 13.3 Å². The van der Waals surface area contributed by atoms with Gasteiger partial charge in [0, 0.05) is 19.5 Å². The van der Waals surface area contributed by atoms with Gasteiger partial charge in [-0.15, -0.1) is 0 Å². The van der Waals surface area contributed by atoms with Crippen LogP contribution in [0.5, 0.6) is 0 Å². The average molecular weight is 393 g/mol. The van der Waals surface area contributed by atoms with Gasteiger partial charge in [-0.05, 0) is 19.1 Å². The molecule has 2 aromatic rings. The lowest BCUT2D eigenvalue weighted by atomic mass is 10.2. The van der Waals surface area contributed by atoms with Crippen LogP contribution in [0, 0.1) is 0 Å². The molecule has 0 aliphatic carbocycles. The van der Waals surface area contributed by atoms with Gasteiger partial charge in [0.15, 0.2) is 5.16 Å². The highest BCUT2D eigenvalue weighted by Crippen LogP contribution is 2.17. The maximum Gasteiger partial charge on any atom is 0.321 e. The second kappa shape index (κ2) is 10.1. The molecule has 1 aromatic carbocycles. The zero-order valence-electron chi connectivity index (χ0n) is 15.9. The van der Waals surface area contributed by atoms with E-state index in [1.807, 2.05) is 12.1 Å². The largest absolute Gasteiger partial charge is 0.340 e. The molecular formula is C18H26N5O3S+. The SMILES string of the molecule is CCNC(=O)NC(=O)CSc1nc2ccccc2c(=O)n1CCC[NH+](C)C. The Bertz CT molecular complexity index is 866. The smallest absolute Gasteiger partial charge is 0.321 e. The standard InChI is InChI=1S/C18H25N5O3S/c1-4-19-17(26)21-15(24)12-27-18-20-14-9-6-5-8-13(14)16(25)23(18)11-7-10-22(2)3/h5-6,8-9H,4,7,10-12H2,1-3H3,(H2,19,21,24,26)/p+1. The normalized spacial score (nSPS) is 11.0. The first-order valence-corrected chi connectivity index (χ1v) is 9.90. The molecule has 1 heterocycles. The highest BCUT2D eigenvalue weighted by molar-refractivity contribution is 7.99. The summed E-state index contributed by atoms with van der Waals surface area (Å²) < 4.78 is 1.62. The minimum absolute atomic E-state index is 0.000838. The monoisotopic (exact) mass is 392 g/mol. The molecule has 0 saturated carbocycles. The fourth-order valence-electron chi connectivity index (χ4n) is 2.54. The Morgan fingerprint density at radius 2 is 2.00 bits per heavy atom. The van der Waals surface area contributed by atoms with Crippen molar-refractivity contribution in [3.63, 3.8) is 0 Å². The lowest BCUT2D eigenvalue weighted by Gasteiger charge is -2.14. The first-order valence-electron chi connectivity index (χ1n) is 8.91. The number of benzene rings is 1. The summed E-state index contributed by atoms with van der Waals surface area (Å²) in [5.74, 6) is -0.432. The molecule has 0 spiro atoms. The molecule has 3 amide bonds. The van der Waals surface area contributed by atoms with E-state index in [-0.39, 0.29) is 11.3 Å². The predicted octanol–water partition coefficient (Wildman–Crippen LogP) is -0.131. The number of para-hydroxylation sites is 1. The molecule has 0 fully saturated rings. The number of rotatable bonds is 8. The summed E-state index contributed by atoms with van der Waals surface area (Å²) in [5.41, 5.74) is 0.490. The Morgan fingerprint density at radius 1 is 1.26 bits per heavy atom. The maximum atomic E-state index is 12.9. The molecule has 9 heteroatoms. The van der Waals surface area contributed by atoms with E-state index in [0.717, 1.165) is 24.7 Å². The quantitative estimate of drug-likeness (QED) is 0.429. The third kappa shape index (κ3) is 6.07. The van der Waals surface area contributed by atoms with E-state index in [1.165, 1.54) is 4.90 Å². The van der Waals surface area contributed by atoms with E-state index in [1.54, 1.807) is 23.6 Å². The summed E-state index contributed by atoms with van der Waals surface area (Å²) in [4.78, 5) is 42.1. The van der Waals surface area contributed by atoms with E-state index < -0.39 is 11.9 Å². The predicted molar refractivity (Wildman–Crippen MR) is 106 cm³/mol. The third-order valence-corrected chi connectivity index (χ3v) is 4.78. The Labute approximate surface area is 162 Å². The van der Waals surface area contributed by atoms with Crippen molar-refractivity contribution in [2.24, 2.45) is 0 Å². The molecule has 8 nitrogen and oxygen atoms in total. The van der Waals surface area contributed by atoms with E-state index in [9.17, 15) is 14.4 Å². The molecule has 0 radical (unpaired) electrons. The van der Waals surface area contributed by atoms with E-state index in [0.29, 0.717) is 29.1 Å². The number of hydrogen-bond acceptors (Lipinski definition) is 5. The first kappa shape index (κ1) is 20.9. The lowest BCUT2D eigenvalue weighted by molar-refractivity contribution is -0.858. The summed E-state index contributed by atoms with van der Waals surface area (Å²) >= 11 is 1.16. The molecule has 0 aliphatic heterocycles. The van der Waals surface area contributed by atoms with Gasteiger partial charge in [0.25, 0.3) is 5.56 Å². The van der Waals surface area contributed by atoms with Crippen LogP contribution in [-0.4, -0.2) is 54.4 Å². The minimum atomic E-state index is -0.527. The van der Waals surface area contributed by atoms with E-state index in [2.05, 4.69) is 29.7 Å². The fourth-order valence-corrected chi connectivity index (χ4v) is 3.37. The number of thioether (sulfide) groups is 1. The van der Waals surface area contributed by atoms with E-state index in [4.69, 9.17) is 0 Å². The highest BCUT2D eigenvalue weighted by Gasteiger charge is 2.14. The number of nitrogens with one attached hydrogen (secondary N) is 3. The van der Waals surface area contributed by atoms with Crippen molar-refractivity contribution in [1.29, 1.82) is 0 Å². The fraction of sp³-hybridized carbons (Fsp3) is 0.444. The molecule has 146 valence electrons. The molecule has 0 unspecified atom stereocenters. The number of fused-ring (bicyclic) bond motifs is 1. The van der Waals surface area contributed by atoms with Crippen molar-refractivity contribution >= 4 is 34.6 Å². The van der Waals surface area contributed by atoms with Crippen molar-refractivity contribution in [3.8, 4) is 0 Å². The van der Waals surface area contributed by atoms with Gasteiger partial charge in [-0.1, -0.05) is 23.9 Å². The van der Waals surface area contributed by atoms with Crippen molar-refractivity contribution in [2.75, 3.05) is 32.9 Å². The number of carbonyl (C=O) groups is 2. The van der Waals surface area contributed by atoms with Gasteiger partial charge in [-0.25, -0.2) is 9.78 Å². The molecule has 0 atom stereocenters. The van der Waals surface area contributed by atoms with Gasteiger partial charge in [0.2, 0.25) is 5.91 Å². The highest BCUT2D eigenvalue weighted by atomic mass is 32.2. The third-order valence-electron chi connectivity index (χ3n) is 3.81. The zero-order chi connectivity index (χ0) is 19.8. The maximum absolute atomic E-state index is 12.9. The van der Waals surface area contributed by atoms with Gasteiger partial charge in [0.1, 0.15) is 0 Å². The minimum Gasteiger partial charge on any atom is -0.340 e. The van der Waals surface area contributed by atoms with Crippen LogP contribution in [-0.2, 0) is 11.3 Å². The van der Waals surface area contributed by atoms with Crippen LogP contribution in [0.25, 0.3) is 10.9 Å². The Balaban J connectivity index is 2.20. The van der Waals surface area contributed by atoms with Crippen molar-refractivity contribution in [3.05, 3.63) is 34.6 Å². The molecule has 27 heavy (non-hydrogen) atoms. The Hall–Kier alpha value is -2.39. The van der Waals surface area contributed by atoms with Crippen LogP contribution in [0.2, 0.25) is 0 Å². The Morgan fingerprint density at radius 3 is 2.70 bits per heavy atom. The van der Waals surface area contributed by atoms with Crippen LogP contribution in [0.4, 0.5) is 4.79 Å². The van der Waals surface area contributed by atoms with Crippen molar-refractivity contribution in [2.45, 2.75) is 25.0 Å². The number of imide groups is 1. The van der Waals surface area contributed by atoms with E-state index >= 15 is 0 Å². The number of urea groups is 1. The summed E-state index contributed by atoms with van der Waals surface area (Å²) in [7, 11) is 4.12. The van der Waals surface area contributed by atoms with Gasteiger partial charge >= 0.3 is 6.03 Å². The van der Waals surface area contributed by atoms with Crippen LogP contribution >= 0.6 is 11.8 Å². The Kier molecular flexibility index (Phi) is 7.81. The first-order chi connectivity index (χ1) is 12.9. The van der Waals surface area contributed by atoms with Gasteiger partial charge in [0.05, 0.1) is 37.3 Å². The number of hydrogen-bond donors (Lipinski definition) is 3. The topological polar surface area (TPSA) is 97.5 Å². The molecule has 0 saturated heterocycles. The number of quaternary nitrogens is 1. The molecular weight excluding hydrogens is 366 g/mol. The van der Waals surface area contributed by atoms with Crippen LogP contribution in [0.15, 0.2) is 34.2 Å². The number of amides is 3. The molecule has 0 bridgehead atoms. The molecule has 3 N–H and O–H groups in total. The van der Waals surface area contributed by atoms with Crippen molar-refractivity contribution < 1.29 is 14.5 Å². The summed E-state index contributed by atoms with van der Waals surface area (Å²) in [6.07, 6.45) is 0.820. The van der Waals surface area contributed by atoms with Gasteiger partial charge < -0.3 is 10.2 Å². The van der Waals surface area contributed by atoms with Crippen LogP contribution < -0.4 is 21.1 Å². The number of nitrogens with zero attached hydrogens (tertiary/aromatic N) is 2. The number of carbonyl (C=O) groups excluding carboxylic acids is 2. The van der Waals surface area contributed by atoms with Gasteiger partial charge in [-0.2, -0.15) is 0 Å². The summed E-state index contributed by atoms with van der Waals surface area (Å²) in [6, 6.07) is 6.65. The van der Waals surface area contributed by atoms with Crippen molar-refractivity contribution in [1.82, 2.24) is 20.2 Å². The van der Waals surface area contributed by atoms with Crippen LogP contribution in [0.3, 0.4) is 0 Å². The lowest BCUT2D eigenvalue weighted by Crippen LogP contribution is -3.05. The average Bonchev–Trinajstić information content (AvgIpc) is 2.62. The number of aromatic nitrogens is 2. The zero-order valence-corrected chi connectivity index (χ0v) is 16.7. The molecule has 1 aromatic heterocycles. The summed E-state index contributed by atoms with van der Waals surface area (Å²) in [6.45, 7) is 3.65.